The lowest BCUT2D eigenvalue weighted by atomic mass is 10.0. The second-order valence-electron chi connectivity index (χ2n) is 6.73. The van der Waals surface area contributed by atoms with Gasteiger partial charge in [0.1, 0.15) is 28.5 Å². The molecule has 3 rings (SSSR count). The zero-order valence-corrected chi connectivity index (χ0v) is 17.6. The summed E-state index contributed by atoms with van der Waals surface area (Å²) in [6.45, 7) is 1.31. The van der Waals surface area contributed by atoms with E-state index in [4.69, 9.17) is 16.1 Å². The molecule has 3 aromatic rings. The van der Waals surface area contributed by atoms with Gasteiger partial charge in [-0.3, -0.25) is 14.9 Å². The number of nitrogens with zero attached hydrogens (tertiary/aromatic N) is 2. The van der Waals surface area contributed by atoms with Crippen molar-refractivity contribution < 1.29 is 31.8 Å². The number of nitro benzene ring substituents is 1. The third-order valence-electron chi connectivity index (χ3n) is 4.54. The van der Waals surface area contributed by atoms with Crippen molar-refractivity contribution in [3.63, 3.8) is 0 Å². The van der Waals surface area contributed by atoms with Crippen molar-refractivity contribution in [1.29, 1.82) is 0 Å². The molecule has 8 nitrogen and oxygen atoms in total. The van der Waals surface area contributed by atoms with Crippen LogP contribution in [0.4, 0.5) is 28.9 Å². The van der Waals surface area contributed by atoms with Gasteiger partial charge in [0.25, 0.3) is 11.6 Å². The van der Waals surface area contributed by atoms with Gasteiger partial charge >= 0.3 is 6.18 Å². The first-order valence-corrected chi connectivity index (χ1v) is 9.67. The minimum absolute atomic E-state index is 0.0219. The molecule has 13 heteroatoms. The van der Waals surface area contributed by atoms with Gasteiger partial charge in [-0.25, -0.2) is 4.39 Å². The van der Waals surface area contributed by atoms with Crippen LogP contribution in [0.2, 0.25) is 5.02 Å². The summed E-state index contributed by atoms with van der Waals surface area (Å²) in [6.07, 6.45) is -4.73. The molecule has 0 saturated carbocycles. The predicted octanol–water partition coefficient (Wildman–Crippen LogP) is 5.21. The topological polar surface area (TPSA) is 110 Å². The van der Waals surface area contributed by atoms with Crippen LogP contribution in [0.1, 0.15) is 21.7 Å². The molecular weight excluding hydrogens is 472 g/mol. The summed E-state index contributed by atoms with van der Waals surface area (Å²) in [5, 5.41) is 20.0. The van der Waals surface area contributed by atoms with E-state index in [-0.39, 0.29) is 46.4 Å². The molecule has 0 aliphatic carbocycles. The number of hydrogen-bond acceptors (Lipinski definition) is 6. The number of halogens is 5. The first-order valence-electron chi connectivity index (χ1n) is 9.29. The molecule has 1 amide bonds. The summed E-state index contributed by atoms with van der Waals surface area (Å²) in [4.78, 5) is 22.8. The van der Waals surface area contributed by atoms with Crippen LogP contribution in [0.25, 0.3) is 11.3 Å². The molecule has 2 aromatic carbocycles. The number of hydrogen-bond donors (Lipinski definition) is 2. The molecule has 0 spiro atoms. The maximum absolute atomic E-state index is 14.3. The van der Waals surface area contributed by atoms with Crippen LogP contribution >= 0.6 is 11.6 Å². The van der Waals surface area contributed by atoms with Crippen LogP contribution in [0.3, 0.4) is 0 Å². The first kappa shape index (κ1) is 24.0. The summed E-state index contributed by atoms with van der Waals surface area (Å²) in [5.41, 5.74) is -2.33. The minimum atomic E-state index is -4.73. The first-order chi connectivity index (χ1) is 15.5. The van der Waals surface area contributed by atoms with Crippen LogP contribution < -0.4 is 10.6 Å². The van der Waals surface area contributed by atoms with Crippen LogP contribution in [0, 0.1) is 22.9 Å². The number of alkyl halides is 3. The summed E-state index contributed by atoms with van der Waals surface area (Å²) in [7, 11) is 0. The SMILES string of the molecule is Cc1onc(-c2c(F)cccc2Cl)c1C(=O)NCCNc1ccc(C(F)(F)F)cc1[N+](=O)[O-]. The molecule has 0 saturated heterocycles. The average molecular weight is 487 g/mol. The van der Waals surface area contributed by atoms with Crippen molar-refractivity contribution in [2.75, 3.05) is 18.4 Å². The van der Waals surface area contributed by atoms with E-state index in [2.05, 4.69) is 15.8 Å². The van der Waals surface area contributed by atoms with E-state index in [1.54, 1.807) is 0 Å². The highest BCUT2D eigenvalue weighted by atomic mass is 35.5. The number of carbonyl (C=O) groups is 1. The van der Waals surface area contributed by atoms with Crippen molar-refractivity contribution in [2.24, 2.45) is 0 Å². The molecule has 0 aliphatic heterocycles. The summed E-state index contributed by atoms with van der Waals surface area (Å²) in [5.74, 6) is -1.28. The fourth-order valence-corrected chi connectivity index (χ4v) is 3.26. The van der Waals surface area contributed by atoms with E-state index >= 15 is 0 Å². The Morgan fingerprint density at radius 2 is 1.97 bits per heavy atom. The highest BCUT2D eigenvalue weighted by molar-refractivity contribution is 6.33. The third-order valence-corrected chi connectivity index (χ3v) is 4.85. The average Bonchev–Trinajstić information content (AvgIpc) is 3.11. The van der Waals surface area contributed by atoms with Gasteiger partial charge in [-0.15, -0.1) is 0 Å². The maximum atomic E-state index is 14.3. The Labute approximate surface area is 188 Å². The van der Waals surface area contributed by atoms with E-state index in [0.29, 0.717) is 12.1 Å². The van der Waals surface area contributed by atoms with Crippen molar-refractivity contribution in [2.45, 2.75) is 13.1 Å². The molecule has 33 heavy (non-hydrogen) atoms. The molecule has 0 fully saturated rings. The summed E-state index contributed by atoms with van der Waals surface area (Å²) >= 11 is 6.04. The lowest BCUT2D eigenvalue weighted by molar-refractivity contribution is -0.384. The van der Waals surface area contributed by atoms with Crippen molar-refractivity contribution in [1.82, 2.24) is 10.5 Å². The number of carbonyl (C=O) groups excluding carboxylic acids is 1. The fraction of sp³-hybridized carbons (Fsp3) is 0.200. The molecule has 1 aromatic heterocycles. The van der Waals surface area contributed by atoms with Gasteiger partial charge in [0.05, 0.1) is 21.1 Å². The number of amides is 1. The lowest BCUT2D eigenvalue weighted by Gasteiger charge is -2.11. The van der Waals surface area contributed by atoms with E-state index in [1.807, 2.05) is 0 Å². The lowest BCUT2D eigenvalue weighted by Crippen LogP contribution is -2.29. The van der Waals surface area contributed by atoms with E-state index in [9.17, 15) is 32.5 Å². The number of nitro groups is 1. The number of nitrogens with one attached hydrogen (secondary N) is 2. The summed E-state index contributed by atoms with van der Waals surface area (Å²) < 4.78 is 57.7. The standard InChI is InChI=1S/C20H15ClF4N4O4/c1-10-16(18(28-33-10)17-12(21)3-2-4-13(17)22)19(30)27-8-7-26-14-6-5-11(20(23,24)25)9-15(14)29(31)32/h2-6,9,26H,7-8H2,1H3,(H,27,30). The Morgan fingerprint density at radius 3 is 2.61 bits per heavy atom. The number of aryl methyl sites for hydroxylation is 1. The largest absolute Gasteiger partial charge is 0.416 e. The Hall–Kier alpha value is -3.67. The molecule has 0 atom stereocenters. The zero-order valence-electron chi connectivity index (χ0n) is 16.8. The van der Waals surface area contributed by atoms with Crippen LogP contribution in [0.15, 0.2) is 40.9 Å². The van der Waals surface area contributed by atoms with Gasteiger partial charge in [0.15, 0.2) is 0 Å². The predicted molar refractivity (Wildman–Crippen MR) is 111 cm³/mol. The van der Waals surface area contributed by atoms with Crippen molar-refractivity contribution in [3.8, 4) is 11.3 Å². The smallest absolute Gasteiger partial charge is 0.378 e. The molecule has 174 valence electrons. The highest BCUT2D eigenvalue weighted by Gasteiger charge is 2.33. The van der Waals surface area contributed by atoms with Gasteiger partial charge in [-0.05, 0) is 31.2 Å². The van der Waals surface area contributed by atoms with E-state index in [0.717, 1.165) is 12.1 Å². The van der Waals surface area contributed by atoms with E-state index < -0.39 is 34.1 Å². The van der Waals surface area contributed by atoms with Gasteiger partial charge in [0.2, 0.25) is 0 Å². The fourth-order valence-electron chi connectivity index (χ4n) is 3.00. The van der Waals surface area contributed by atoms with Crippen LogP contribution in [0.5, 0.6) is 0 Å². The second kappa shape index (κ2) is 9.45. The molecule has 0 unspecified atom stereocenters. The highest BCUT2D eigenvalue weighted by Crippen LogP contribution is 2.35. The van der Waals surface area contributed by atoms with Crippen LogP contribution in [-0.2, 0) is 6.18 Å². The Morgan fingerprint density at radius 1 is 1.24 bits per heavy atom. The summed E-state index contributed by atoms with van der Waals surface area (Å²) in [6, 6.07) is 6.02. The van der Waals surface area contributed by atoms with Gasteiger partial charge in [-0.1, -0.05) is 22.8 Å². The van der Waals surface area contributed by atoms with Crippen LogP contribution in [-0.4, -0.2) is 29.1 Å². The van der Waals surface area contributed by atoms with Gasteiger partial charge in [-0.2, -0.15) is 13.2 Å². The molecule has 0 aliphatic rings. The number of rotatable bonds is 7. The van der Waals surface area contributed by atoms with Crippen molar-refractivity contribution >= 4 is 28.9 Å². The normalized spacial score (nSPS) is 11.3. The van der Waals surface area contributed by atoms with Gasteiger partial charge < -0.3 is 15.2 Å². The van der Waals surface area contributed by atoms with Gasteiger partial charge in [0, 0.05) is 19.2 Å². The maximum Gasteiger partial charge on any atom is 0.416 e. The van der Waals surface area contributed by atoms with E-state index in [1.165, 1.54) is 19.1 Å². The Bertz CT molecular complexity index is 1190. The monoisotopic (exact) mass is 486 g/mol. The Balaban J connectivity index is 1.71. The molecule has 0 bridgehead atoms. The second-order valence-corrected chi connectivity index (χ2v) is 7.14. The molecular formula is C20H15ClF4N4O4. The molecule has 1 heterocycles. The quantitative estimate of drug-likeness (QED) is 0.205. The minimum Gasteiger partial charge on any atom is -0.378 e. The van der Waals surface area contributed by atoms with Crippen molar-refractivity contribution in [3.05, 3.63) is 74.2 Å². The molecule has 0 radical (unpaired) electrons. The Kier molecular flexibility index (Phi) is 6.86. The molecule has 2 N–H and O–H groups in total. The number of aromatic nitrogens is 1. The number of benzene rings is 2. The number of anilines is 1. The zero-order chi connectivity index (χ0) is 24.3. The third kappa shape index (κ3) is 5.22.